The first-order chi connectivity index (χ1) is 10.2. The van der Waals surface area contributed by atoms with Crippen LogP contribution in [-0.4, -0.2) is 58.7 Å². The standard InChI is InChI=1S/C14H38O5Si4.4CH4/c1-20(2,3)17-22(7,8)19-23(9,18-21(4,5)6)14-10-12-16-13-11-15;;;;/h15H,10-14H2,1-9H3;4*1H4. The fourth-order valence-electron chi connectivity index (χ4n) is 2.71. The summed E-state index contributed by atoms with van der Waals surface area (Å²) in [5.41, 5.74) is 0. The molecule has 0 aliphatic rings. The Kier molecular flexibility index (Phi) is 22.0. The van der Waals surface area contributed by atoms with E-state index in [1.807, 2.05) is 0 Å². The van der Waals surface area contributed by atoms with E-state index in [9.17, 15) is 0 Å². The zero-order valence-electron chi connectivity index (χ0n) is 16.6. The topological polar surface area (TPSA) is 57.2 Å². The van der Waals surface area contributed by atoms with Crippen LogP contribution in [-0.2, 0) is 17.1 Å². The van der Waals surface area contributed by atoms with Crippen molar-refractivity contribution in [3.05, 3.63) is 0 Å². The molecule has 1 atom stereocenters. The smallest absolute Gasteiger partial charge is 0.315 e. The highest BCUT2D eigenvalue weighted by Crippen LogP contribution is 2.27. The molecule has 0 radical (unpaired) electrons. The van der Waals surface area contributed by atoms with E-state index in [2.05, 4.69) is 58.9 Å². The molecule has 0 spiro atoms. The van der Waals surface area contributed by atoms with Crippen molar-refractivity contribution in [1.82, 2.24) is 0 Å². The Morgan fingerprint density at radius 1 is 0.630 bits per heavy atom. The summed E-state index contributed by atoms with van der Waals surface area (Å²) in [5.74, 6) is 0. The lowest BCUT2D eigenvalue weighted by Crippen LogP contribution is -2.56. The van der Waals surface area contributed by atoms with E-state index in [4.69, 9.17) is 22.2 Å². The van der Waals surface area contributed by atoms with Crippen LogP contribution >= 0.6 is 0 Å². The molecule has 0 fully saturated rings. The molecule has 27 heavy (non-hydrogen) atoms. The van der Waals surface area contributed by atoms with Crippen LogP contribution in [0.25, 0.3) is 0 Å². The molecule has 0 amide bonds. The van der Waals surface area contributed by atoms with Crippen molar-refractivity contribution in [2.24, 2.45) is 0 Å². The van der Waals surface area contributed by atoms with E-state index in [1.54, 1.807) is 0 Å². The molecular weight excluding hydrogens is 409 g/mol. The molecule has 0 bridgehead atoms. The molecule has 0 heterocycles. The van der Waals surface area contributed by atoms with Gasteiger partial charge in [0.15, 0.2) is 16.6 Å². The highest BCUT2D eigenvalue weighted by molar-refractivity contribution is 6.89. The summed E-state index contributed by atoms with van der Waals surface area (Å²) in [7, 11) is -7.84. The third-order valence-electron chi connectivity index (χ3n) is 2.69. The Hall–Kier alpha value is 0.668. The van der Waals surface area contributed by atoms with Crippen molar-refractivity contribution >= 4 is 33.8 Å². The Bertz CT molecular complexity index is 344. The number of ether oxygens (including phenoxy) is 1. The lowest BCUT2D eigenvalue weighted by Gasteiger charge is -2.41. The van der Waals surface area contributed by atoms with Gasteiger partial charge in [-0.05, 0) is 71.4 Å². The summed E-state index contributed by atoms with van der Waals surface area (Å²) in [6.45, 7) is 20.8. The second kappa shape index (κ2) is 15.5. The largest absolute Gasteiger partial charge is 0.437 e. The summed E-state index contributed by atoms with van der Waals surface area (Å²) >= 11 is 0. The van der Waals surface area contributed by atoms with Gasteiger partial charge in [-0.3, -0.25) is 0 Å². The first-order valence-corrected chi connectivity index (χ1v) is 20.6. The molecule has 0 saturated heterocycles. The minimum atomic E-state index is -2.30. The zero-order valence-corrected chi connectivity index (χ0v) is 20.6. The van der Waals surface area contributed by atoms with Crippen LogP contribution < -0.4 is 0 Å². The Morgan fingerprint density at radius 2 is 1.07 bits per heavy atom. The van der Waals surface area contributed by atoms with Crippen LogP contribution in [0.1, 0.15) is 36.1 Å². The average Bonchev–Trinajstić information content (AvgIpc) is 2.20. The van der Waals surface area contributed by atoms with Gasteiger partial charge in [0.25, 0.3) is 0 Å². The normalized spacial score (nSPS) is 14.0. The number of hydrogen-bond donors (Lipinski definition) is 1. The van der Waals surface area contributed by atoms with E-state index in [0.717, 1.165) is 12.5 Å². The number of hydrogen-bond acceptors (Lipinski definition) is 5. The molecule has 0 rings (SSSR count). The minimum absolute atomic E-state index is 0. The summed E-state index contributed by atoms with van der Waals surface area (Å²) in [5, 5.41) is 8.77. The predicted octanol–water partition coefficient (Wildman–Crippen LogP) is 6.42. The van der Waals surface area contributed by atoms with E-state index in [1.165, 1.54) is 0 Å². The first-order valence-electron chi connectivity index (χ1n) is 8.47. The quantitative estimate of drug-likeness (QED) is 0.268. The summed E-state index contributed by atoms with van der Waals surface area (Å²) in [6, 6.07) is 0.897. The van der Waals surface area contributed by atoms with E-state index < -0.39 is 33.8 Å². The van der Waals surface area contributed by atoms with Crippen LogP contribution in [0.2, 0.25) is 65.0 Å². The van der Waals surface area contributed by atoms with Gasteiger partial charge < -0.3 is 22.2 Å². The average molecular weight is 463 g/mol. The maximum atomic E-state index is 8.77. The molecule has 1 N–H and O–H groups in total. The van der Waals surface area contributed by atoms with E-state index >= 15 is 0 Å². The summed E-state index contributed by atoms with van der Waals surface area (Å²) in [4.78, 5) is 0. The lowest BCUT2D eigenvalue weighted by molar-refractivity contribution is 0.0918. The molecule has 0 aliphatic heterocycles. The van der Waals surface area contributed by atoms with Crippen molar-refractivity contribution in [2.75, 3.05) is 19.8 Å². The Labute approximate surface area is 176 Å². The number of aliphatic hydroxyl groups excluding tert-OH is 1. The van der Waals surface area contributed by atoms with Crippen molar-refractivity contribution in [3.8, 4) is 0 Å². The molecule has 9 heteroatoms. The van der Waals surface area contributed by atoms with Gasteiger partial charge in [-0.15, -0.1) is 0 Å². The highest BCUT2D eigenvalue weighted by Gasteiger charge is 2.44. The molecule has 172 valence electrons. The molecule has 0 aromatic rings. The second-order valence-corrected chi connectivity index (χ2v) is 25.0. The van der Waals surface area contributed by atoms with Crippen LogP contribution in [0, 0.1) is 0 Å². The fourth-order valence-corrected chi connectivity index (χ4v) is 20.6. The van der Waals surface area contributed by atoms with Crippen molar-refractivity contribution < 1.29 is 22.2 Å². The molecule has 0 aromatic heterocycles. The number of rotatable bonds is 12. The molecule has 5 nitrogen and oxygen atoms in total. The highest BCUT2D eigenvalue weighted by atomic mass is 28.5. The van der Waals surface area contributed by atoms with E-state index in [-0.39, 0.29) is 36.3 Å². The Morgan fingerprint density at radius 3 is 1.44 bits per heavy atom. The lowest BCUT2D eigenvalue weighted by atomic mass is 10.5. The predicted molar refractivity (Wildman–Crippen MR) is 133 cm³/mol. The molecule has 0 aromatic carbocycles. The molecule has 0 aliphatic carbocycles. The Balaban J connectivity index is -0.000000403. The van der Waals surface area contributed by atoms with E-state index in [0.29, 0.717) is 13.2 Å². The molecule has 0 saturated carbocycles. The second-order valence-electron chi connectivity index (χ2n) is 8.50. The SMILES string of the molecule is C.C.C.C.C[Si](C)(C)O[Si](C)(C)O[Si](C)(CCCOCCO)O[Si](C)(C)C. The summed E-state index contributed by atoms with van der Waals surface area (Å²) in [6.07, 6.45) is 0.893. The number of aliphatic hydroxyl groups is 1. The van der Waals surface area contributed by atoms with Crippen LogP contribution in [0.3, 0.4) is 0 Å². The van der Waals surface area contributed by atoms with Gasteiger partial charge in [-0.25, -0.2) is 0 Å². The van der Waals surface area contributed by atoms with Gasteiger partial charge in [0.1, 0.15) is 0 Å². The van der Waals surface area contributed by atoms with Gasteiger partial charge in [0.05, 0.1) is 13.2 Å². The molecular formula is C18H54O5Si4. The first kappa shape index (κ1) is 38.3. The summed E-state index contributed by atoms with van der Waals surface area (Å²) < 4.78 is 24.8. The zero-order chi connectivity index (χ0) is 18.4. The fraction of sp³-hybridized carbons (Fsp3) is 1.00. The maximum absolute atomic E-state index is 8.77. The van der Waals surface area contributed by atoms with Gasteiger partial charge in [-0.1, -0.05) is 29.7 Å². The van der Waals surface area contributed by atoms with Gasteiger partial charge in [0, 0.05) is 6.61 Å². The third kappa shape index (κ3) is 22.8. The van der Waals surface area contributed by atoms with Crippen LogP contribution in [0.4, 0.5) is 0 Å². The monoisotopic (exact) mass is 462 g/mol. The maximum Gasteiger partial charge on any atom is 0.315 e. The van der Waals surface area contributed by atoms with Crippen molar-refractivity contribution in [2.45, 2.75) is 101 Å². The van der Waals surface area contributed by atoms with Crippen molar-refractivity contribution in [1.29, 1.82) is 0 Å². The van der Waals surface area contributed by atoms with Crippen LogP contribution in [0.5, 0.6) is 0 Å². The van der Waals surface area contributed by atoms with Crippen LogP contribution in [0.15, 0.2) is 0 Å². The van der Waals surface area contributed by atoms with Gasteiger partial charge in [-0.2, -0.15) is 0 Å². The third-order valence-corrected chi connectivity index (χ3v) is 16.2. The minimum Gasteiger partial charge on any atom is -0.437 e. The van der Waals surface area contributed by atoms with Gasteiger partial charge in [0.2, 0.25) is 0 Å². The van der Waals surface area contributed by atoms with Gasteiger partial charge >= 0.3 is 17.1 Å². The molecule has 1 unspecified atom stereocenters. The van der Waals surface area contributed by atoms with Crippen molar-refractivity contribution in [3.63, 3.8) is 0 Å².